The van der Waals surface area contributed by atoms with Gasteiger partial charge in [0.1, 0.15) is 17.5 Å². The molecule has 0 radical (unpaired) electrons. The van der Waals surface area contributed by atoms with Gasteiger partial charge in [0.2, 0.25) is 5.91 Å². The van der Waals surface area contributed by atoms with E-state index in [1.807, 2.05) is 0 Å². The van der Waals surface area contributed by atoms with Crippen LogP contribution in [0.1, 0.15) is 30.1 Å². The van der Waals surface area contributed by atoms with Crippen LogP contribution in [0.4, 0.5) is 5.69 Å². The van der Waals surface area contributed by atoms with Gasteiger partial charge in [-0.25, -0.2) is 0 Å². The maximum absolute atomic E-state index is 12.8. The van der Waals surface area contributed by atoms with Crippen molar-refractivity contribution in [3.05, 3.63) is 53.1 Å². The fraction of sp³-hybridized carbons (Fsp3) is 0.375. The number of ether oxygens (including phenoxy) is 3. The summed E-state index contributed by atoms with van der Waals surface area (Å²) in [6.45, 7) is 2.36. The van der Waals surface area contributed by atoms with Crippen molar-refractivity contribution in [2.24, 2.45) is 0 Å². The third-order valence-electron chi connectivity index (χ3n) is 5.62. The van der Waals surface area contributed by atoms with Gasteiger partial charge < -0.3 is 19.5 Å². The number of carbonyl (C=O) groups is 3. The lowest BCUT2D eigenvalue weighted by Gasteiger charge is -2.33. The third kappa shape index (κ3) is 5.46. The molecule has 0 aliphatic carbocycles. The second-order valence-electron chi connectivity index (χ2n) is 7.96. The highest BCUT2D eigenvalue weighted by Gasteiger charge is 2.34. The number of carbonyl (C=O) groups excluding carboxylic acids is 3. The van der Waals surface area contributed by atoms with Crippen molar-refractivity contribution in [2.75, 3.05) is 31.3 Å². The van der Waals surface area contributed by atoms with Crippen molar-refractivity contribution < 1.29 is 28.6 Å². The highest BCUT2D eigenvalue weighted by molar-refractivity contribution is 6.30. The predicted octanol–water partition coefficient (Wildman–Crippen LogP) is 3.01. The van der Waals surface area contributed by atoms with Gasteiger partial charge in [-0.2, -0.15) is 0 Å². The van der Waals surface area contributed by atoms with Crippen LogP contribution in [0, 0.1) is 0 Å². The Morgan fingerprint density at radius 2 is 2.12 bits per heavy atom. The van der Waals surface area contributed by atoms with E-state index in [4.69, 9.17) is 25.8 Å². The van der Waals surface area contributed by atoms with Crippen LogP contribution < -0.4 is 19.7 Å². The summed E-state index contributed by atoms with van der Waals surface area (Å²) in [7, 11) is 0. The Morgan fingerprint density at radius 3 is 2.88 bits per heavy atom. The largest absolute Gasteiger partial charge is 0.485 e. The summed E-state index contributed by atoms with van der Waals surface area (Å²) in [4.78, 5) is 39.5. The van der Waals surface area contributed by atoms with Gasteiger partial charge in [0.05, 0.1) is 11.8 Å². The number of hydrogen-bond acceptors (Lipinski definition) is 6. The quantitative estimate of drug-likeness (QED) is 0.593. The van der Waals surface area contributed by atoms with E-state index in [0.29, 0.717) is 40.9 Å². The zero-order valence-electron chi connectivity index (χ0n) is 18.2. The van der Waals surface area contributed by atoms with E-state index in [1.165, 1.54) is 4.90 Å². The molecule has 0 aromatic heterocycles. The van der Waals surface area contributed by atoms with E-state index >= 15 is 0 Å². The maximum Gasteiger partial charge on any atom is 0.265 e. The fourth-order valence-electron chi connectivity index (χ4n) is 3.84. The van der Waals surface area contributed by atoms with Crippen LogP contribution in [0.5, 0.6) is 11.5 Å². The molecule has 2 aliphatic rings. The molecule has 8 nitrogen and oxygen atoms in total. The van der Waals surface area contributed by atoms with Crippen LogP contribution in [0.3, 0.4) is 0 Å². The summed E-state index contributed by atoms with van der Waals surface area (Å²) in [5.74, 6) is -0.0350. The summed E-state index contributed by atoms with van der Waals surface area (Å²) in [6.07, 6.45) is 1.87. The highest BCUT2D eigenvalue weighted by Crippen LogP contribution is 2.34. The molecule has 1 fully saturated rings. The Hall–Kier alpha value is -3.10. The predicted molar refractivity (Wildman–Crippen MR) is 122 cm³/mol. The molecule has 1 N–H and O–H groups in total. The van der Waals surface area contributed by atoms with Crippen LogP contribution >= 0.6 is 11.6 Å². The zero-order valence-corrected chi connectivity index (χ0v) is 19.0. The molecule has 2 aromatic carbocycles. The van der Waals surface area contributed by atoms with Gasteiger partial charge in [-0.3, -0.25) is 19.3 Å². The lowest BCUT2D eigenvalue weighted by Crippen LogP contribution is -2.52. The van der Waals surface area contributed by atoms with Crippen molar-refractivity contribution in [3.63, 3.8) is 0 Å². The van der Waals surface area contributed by atoms with E-state index in [0.717, 1.165) is 12.8 Å². The zero-order chi connectivity index (χ0) is 23.4. The van der Waals surface area contributed by atoms with Gasteiger partial charge in [0, 0.05) is 23.7 Å². The van der Waals surface area contributed by atoms with Crippen LogP contribution in [0.15, 0.2) is 42.5 Å². The molecule has 0 unspecified atom stereocenters. The molecule has 0 bridgehead atoms. The Labute approximate surface area is 196 Å². The summed E-state index contributed by atoms with van der Waals surface area (Å²) in [6, 6.07) is 10.8. The van der Waals surface area contributed by atoms with Crippen LogP contribution in [-0.2, 0) is 14.3 Å². The molecule has 4 rings (SSSR count). The first-order valence-corrected chi connectivity index (χ1v) is 11.2. The molecule has 1 saturated heterocycles. The van der Waals surface area contributed by atoms with Gasteiger partial charge in [-0.05, 0) is 56.2 Å². The van der Waals surface area contributed by atoms with Gasteiger partial charge >= 0.3 is 0 Å². The molecule has 0 spiro atoms. The van der Waals surface area contributed by atoms with Crippen molar-refractivity contribution >= 4 is 34.9 Å². The molecular formula is C24H25ClN2O6. The molecule has 2 atom stereocenters. The molecule has 2 aromatic rings. The van der Waals surface area contributed by atoms with E-state index in [-0.39, 0.29) is 36.9 Å². The molecule has 2 heterocycles. The monoisotopic (exact) mass is 472 g/mol. The summed E-state index contributed by atoms with van der Waals surface area (Å²) in [5, 5.41) is 3.36. The van der Waals surface area contributed by atoms with E-state index in [9.17, 15) is 14.4 Å². The van der Waals surface area contributed by atoms with E-state index in [1.54, 1.807) is 49.4 Å². The van der Waals surface area contributed by atoms with Crippen LogP contribution in [-0.4, -0.2) is 56.1 Å². The Bertz CT molecular complexity index is 1050. The first-order chi connectivity index (χ1) is 15.9. The minimum Gasteiger partial charge on any atom is -0.485 e. The fourth-order valence-corrected chi connectivity index (χ4v) is 4.02. The Kier molecular flexibility index (Phi) is 7.15. The standard InChI is InChI=1S/C24H25ClN2O6/c1-15(24(30)26-12-19-6-3-9-31-19)27-20-10-16(7-8-22(20)33-14-23(27)29)21(28)13-32-18-5-2-4-17(25)11-18/h2,4-5,7-8,10-11,15,19H,3,6,9,12-14H2,1H3,(H,26,30)/t15-,19+/m0/s1. The number of nitrogens with zero attached hydrogens (tertiary/aromatic N) is 1. The van der Waals surface area contributed by atoms with Gasteiger partial charge in [0.25, 0.3) is 5.91 Å². The van der Waals surface area contributed by atoms with Crippen LogP contribution in [0.25, 0.3) is 0 Å². The Morgan fingerprint density at radius 1 is 1.27 bits per heavy atom. The molecule has 33 heavy (non-hydrogen) atoms. The molecule has 174 valence electrons. The number of anilines is 1. The number of amides is 2. The number of hydrogen-bond donors (Lipinski definition) is 1. The number of nitrogens with one attached hydrogen (secondary N) is 1. The number of Topliss-reactive ketones (excluding diaryl/α,β-unsaturated/α-hetero) is 1. The van der Waals surface area contributed by atoms with Gasteiger partial charge in [-0.1, -0.05) is 17.7 Å². The summed E-state index contributed by atoms with van der Waals surface area (Å²) >= 11 is 5.94. The van der Waals surface area contributed by atoms with Crippen molar-refractivity contribution in [3.8, 4) is 11.5 Å². The topological polar surface area (TPSA) is 94.2 Å². The second-order valence-corrected chi connectivity index (χ2v) is 8.40. The summed E-state index contributed by atoms with van der Waals surface area (Å²) in [5.41, 5.74) is 0.714. The lowest BCUT2D eigenvalue weighted by atomic mass is 10.1. The minimum atomic E-state index is -0.783. The smallest absolute Gasteiger partial charge is 0.265 e. The first-order valence-electron chi connectivity index (χ1n) is 10.8. The van der Waals surface area contributed by atoms with Crippen molar-refractivity contribution in [1.82, 2.24) is 5.32 Å². The Balaban J connectivity index is 1.47. The SMILES string of the molecule is C[C@@H](C(=O)NC[C@H]1CCCO1)N1C(=O)COc2ccc(C(=O)COc3cccc(Cl)c3)cc21. The maximum atomic E-state index is 12.8. The lowest BCUT2D eigenvalue weighted by molar-refractivity contribution is -0.127. The van der Waals surface area contributed by atoms with E-state index < -0.39 is 6.04 Å². The number of benzene rings is 2. The average Bonchev–Trinajstić information content (AvgIpc) is 3.34. The molecule has 0 saturated carbocycles. The first kappa shape index (κ1) is 23.1. The number of rotatable bonds is 8. The minimum absolute atomic E-state index is 0.00227. The second kappa shape index (κ2) is 10.2. The van der Waals surface area contributed by atoms with Gasteiger partial charge in [-0.15, -0.1) is 0 Å². The van der Waals surface area contributed by atoms with Crippen molar-refractivity contribution in [2.45, 2.75) is 31.9 Å². The van der Waals surface area contributed by atoms with Gasteiger partial charge in [0.15, 0.2) is 19.0 Å². The van der Waals surface area contributed by atoms with E-state index in [2.05, 4.69) is 5.32 Å². The van der Waals surface area contributed by atoms with Crippen LogP contribution in [0.2, 0.25) is 5.02 Å². The number of fused-ring (bicyclic) bond motifs is 1. The normalized spacial score (nSPS) is 18.3. The average molecular weight is 473 g/mol. The third-order valence-corrected chi connectivity index (χ3v) is 5.86. The number of halogens is 1. The summed E-state index contributed by atoms with van der Waals surface area (Å²) < 4.78 is 16.6. The molecule has 2 aliphatic heterocycles. The molecular weight excluding hydrogens is 448 g/mol. The number of ketones is 1. The highest BCUT2D eigenvalue weighted by atomic mass is 35.5. The molecule has 2 amide bonds. The molecule has 9 heteroatoms. The van der Waals surface area contributed by atoms with Crippen molar-refractivity contribution in [1.29, 1.82) is 0 Å².